The third kappa shape index (κ3) is 3.24. The Morgan fingerprint density at radius 1 is 1.21 bits per heavy atom. The largest absolute Gasteiger partial charge is 0.482 e. The lowest BCUT2D eigenvalue weighted by Crippen LogP contribution is -2.47. The molecule has 0 saturated heterocycles. The predicted octanol–water partition coefficient (Wildman–Crippen LogP) is 1.41. The summed E-state index contributed by atoms with van der Waals surface area (Å²) in [5.41, 5.74) is 6.65. The standard InChI is InChI=1S/C20H20N4O5/c1-3-23-13-8-12(4-5-15(13)28-10-18(23)26)14(25)9-24-19-16(6-7-17(21)22-19)29-11(2)20(24)27/h4-8,11H,3,9-10H2,1-2H3,(H2,21,22). The normalized spacial score (nSPS) is 17.9. The number of aromatic nitrogens is 1. The van der Waals surface area contributed by atoms with Crippen molar-refractivity contribution in [3.05, 3.63) is 35.9 Å². The van der Waals surface area contributed by atoms with Crippen molar-refractivity contribution in [3.63, 3.8) is 0 Å². The molecule has 0 radical (unpaired) electrons. The fourth-order valence-corrected chi connectivity index (χ4v) is 3.41. The zero-order valence-corrected chi connectivity index (χ0v) is 16.0. The lowest BCUT2D eigenvalue weighted by atomic mass is 10.1. The number of carbonyl (C=O) groups is 3. The van der Waals surface area contributed by atoms with Gasteiger partial charge in [0.2, 0.25) is 0 Å². The van der Waals surface area contributed by atoms with Gasteiger partial charge in [-0.2, -0.15) is 0 Å². The third-order valence-electron chi connectivity index (χ3n) is 4.88. The summed E-state index contributed by atoms with van der Waals surface area (Å²) in [4.78, 5) is 44.7. The molecule has 2 aliphatic heterocycles. The van der Waals surface area contributed by atoms with E-state index in [0.29, 0.717) is 29.3 Å². The van der Waals surface area contributed by atoms with Gasteiger partial charge < -0.3 is 20.1 Å². The lowest BCUT2D eigenvalue weighted by Gasteiger charge is -2.32. The van der Waals surface area contributed by atoms with Gasteiger partial charge in [0, 0.05) is 12.1 Å². The highest BCUT2D eigenvalue weighted by Gasteiger charge is 2.34. The number of pyridine rings is 1. The number of rotatable bonds is 4. The average molecular weight is 396 g/mol. The molecule has 29 heavy (non-hydrogen) atoms. The van der Waals surface area contributed by atoms with E-state index in [4.69, 9.17) is 15.2 Å². The van der Waals surface area contributed by atoms with E-state index in [2.05, 4.69) is 4.98 Å². The molecule has 2 aromatic rings. The molecule has 9 heteroatoms. The van der Waals surface area contributed by atoms with Crippen molar-refractivity contribution in [3.8, 4) is 11.5 Å². The summed E-state index contributed by atoms with van der Waals surface area (Å²) in [6.07, 6.45) is -0.745. The molecular weight excluding hydrogens is 376 g/mol. The highest BCUT2D eigenvalue weighted by molar-refractivity contribution is 6.08. The second-order valence-electron chi connectivity index (χ2n) is 6.77. The van der Waals surface area contributed by atoms with Crippen LogP contribution in [0.1, 0.15) is 24.2 Å². The van der Waals surface area contributed by atoms with Crippen LogP contribution in [-0.2, 0) is 9.59 Å². The lowest BCUT2D eigenvalue weighted by molar-refractivity contribution is -0.125. The fourth-order valence-electron chi connectivity index (χ4n) is 3.41. The van der Waals surface area contributed by atoms with Crippen molar-refractivity contribution in [1.29, 1.82) is 0 Å². The van der Waals surface area contributed by atoms with Crippen molar-refractivity contribution in [2.24, 2.45) is 0 Å². The van der Waals surface area contributed by atoms with Gasteiger partial charge in [-0.1, -0.05) is 0 Å². The van der Waals surface area contributed by atoms with Crippen molar-refractivity contribution in [1.82, 2.24) is 4.98 Å². The van der Waals surface area contributed by atoms with Gasteiger partial charge >= 0.3 is 0 Å². The fraction of sp³-hybridized carbons (Fsp3) is 0.300. The third-order valence-corrected chi connectivity index (χ3v) is 4.88. The monoisotopic (exact) mass is 396 g/mol. The number of likely N-dealkylation sites (N-methyl/N-ethyl adjacent to an activating group) is 1. The second kappa shape index (κ2) is 7.08. The zero-order chi connectivity index (χ0) is 20.7. The maximum Gasteiger partial charge on any atom is 0.269 e. The molecule has 1 aromatic heterocycles. The number of nitrogens with two attached hydrogens (primary N) is 1. The predicted molar refractivity (Wildman–Crippen MR) is 105 cm³/mol. The van der Waals surface area contributed by atoms with Gasteiger partial charge in [0.25, 0.3) is 11.8 Å². The summed E-state index contributed by atoms with van der Waals surface area (Å²) in [6.45, 7) is 3.67. The summed E-state index contributed by atoms with van der Waals surface area (Å²) in [7, 11) is 0. The highest BCUT2D eigenvalue weighted by Crippen LogP contribution is 2.35. The van der Waals surface area contributed by atoms with Crippen molar-refractivity contribution >= 4 is 34.9 Å². The Labute approximate surface area is 167 Å². The first-order valence-electron chi connectivity index (χ1n) is 9.24. The Morgan fingerprint density at radius 2 is 1.97 bits per heavy atom. The molecule has 2 amide bonds. The van der Waals surface area contributed by atoms with Crippen LogP contribution in [0, 0.1) is 0 Å². The smallest absolute Gasteiger partial charge is 0.269 e. The Kier molecular flexibility index (Phi) is 4.57. The quantitative estimate of drug-likeness (QED) is 0.777. The van der Waals surface area contributed by atoms with Crippen LogP contribution in [0.5, 0.6) is 11.5 Å². The van der Waals surface area contributed by atoms with E-state index in [0.717, 1.165) is 0 Å². The molecule has 2 N–H and O–H groups in total. The van der Waals surface area contributed by atoms with Crippen LogP contribution < -0.4 is 25.0 Å². The number of Topliss-reactive ketones (excluding diaryl/α,β-unsaturated/α-hetero) is 1. The molecular formula is C20H20N4O5. The Hall–Kier alpha value is -3.62. The Balaban J connectivity index is 1.65. The highest BCUT2D eigenvalue weighted by atomic mass is 16.5. The van der Waals surface area contributed by atoms with Gasteiger partial charge in [-0.3, -0.25) is 19.3 Å². The minimum Gasteiger partial charge on any atom is -0.482 e. The van der Waals surface area contributed by atoms with Gasteiger partial charge in [0.15, 0.2) is 30.1 Å². The van der Waals surface area contributed by atoms with Crippen LogP contribution in [-0.4, -0.2) is 48.4 Å². The van der Waals surface area contributed by atoms with Crippen LogP contribution in [0.15, 0.2) is 30.3 Å². The molecule has 4 rings (SSSR count). The van der Waals surface area contributed by atoms with Crippen molar-refractivity contribution in [2.45, 2.75) is 20.0 Å². The molecule has 0 fully saturated rings. The van der Waals surface area contributed by atoms with E-state index in [-0.39, 0.29) is 42.4 Å². The first-order chi connectivity index (χ1) is 13.9. The number of nitrogens with zero attached hydrogens (tertiary/aromatic N) is 3. The van der Waals surface area contributed by atoms with Gasteiger partial charge in [-0.25, -0.2) is 4.98 Å². The molecule has 2 aliphatic rings. The molecule has 0 aliphatic carbocycles. The first-order valence-corrected chi connectivity index (χ1v) is 9.24. The number of ether oxygens (including phenoxy) is 2. The second-order valence-corrected chi connectivity index (χ2v) is 6.77. The van der Waals surface area contributed by atoms with Crippen LogP contribution >= 0.6 is 0 Å². The molecule has 0 saturated carbocycles. The molecule has 1 atom stereocenters. The summed E-state index contributed by atoms with van der Waals surface area (Å²) < 4.78 is 11.0. The molecule has 0 spiro atoms. The number of carbonyl (C=O) groups excluding carboxylic acids is 3. The number of benzene rings is 1. The minimum atomic E-state index is -0.745. The number of amides is 2. The van der Waals surface area contributed by atoms with Crippen LogP contribution in [0.25, 0.3) is 0 Å². The number of anilines is 3. The molecule has 1 unspecified atom stereocenters. The maximum absolute atomic E-state index is 13.0. The van der Waals surface area contributed by atoms with Crippen molar-refractivity contribution < 1.29 is 23.9 Å². The van der Waals surface area contributed by atoms with Gasteiger partial charge in [0.1, 0.15) is 11.6 Å². The SMILES string of the molecule is CCN1C(=O)COc2ccc(C(=O)CN3C(=O)C(C)Oc4ccc(N)nc43)cc21. The summed E-state index contributed by atoms with van der Waals surface area (Å²) in [5, 5.41) is 0. The summed E-state index contributed by atoms with van der Waals surface area (Å²) in [5.74, 6) is 0.508. The van der Waals surface area contributed by atoms with Crippen LogP contribution in [0.3, 0.4) is 0 Å². The van der Waals surface area contributed by atoms with E-state index >= 15 is 0 Å². The van der Waals surface area contributed by atoms with Gasteiger partial charge in [-0.15, -0.1) is 0 Å². The van der Waals surface area contributed by atoms with Gasteiger partial charge in [-0.05, 0) is 44.2 Å². The Bertz CT molecular complexity index is 1020. The van der Waals surface area contributed by atoms with Crippen LogP contribution in [0.4, 0.5) is 17.3 Å². The van der Waals surface area contributed by atoms with E-state index in [1.807, 2.05) is 6.92 Å². The average Bonchev–Trinajstić information content (AvgIpc) is 2.71. The molecule has 1 aromatic carbocycles. The molecule has 150 valence electrons. The molecule has 0 bridgehead atoms. The van der Waals surface area contributed by atoms with Crippen molar-refractivity contribution in [2.75, 3.05) is 35.2 Å². The molecule has 9 nitrogen and oxygen atoms in total. The van der Waals surface area contributed by atoms with E-state index in [9.17, 15) is 14.4 Å². The van der Waals surface area contributed by atoms with E-state index in [1.54, 1.807) is 42.2 Å². The minimum absolute atomic E-state index is 0.0296. The zero-order valence-electron chi connectivity index (χ0n) is 16.0. The summed E-state index contributed by atoms with van der Waals surface area (Å²) in [6, 6.07) is 8.08. The topological polar surface area (TPSA) is 115 Å². The van der Waals surface area contributed by atoms with Gasteiger partial charge in [0.05, 0.1) is 12.2 Å². The number of nitrogen functional groups attached to an aromatic ring is 1. The first kappa shape index (κ1) is 18.7. The van der Waals surface area contributed by atoms with E-state index in [1.165, 1.54) is 4.90 Å². The van der Waals surface area contributed by atoms with Crippen LogP contribution in [0.2, 0.25) is 0 Å². The van der Waals surface area contributed by atoms with E-state index < -0.39 is 6.10 Å². The number of fused-ring (bicyclic) bond motifs is 2. The molecule has 3 heterocycles. The Morgan fingerprint density at radius 3 is 2.72 bits per heavy atom. The number of ketones is 1. The number of hydrogen-bond donors (Lipinski definition) is 1. The summed E-state index contributed by atoms with van der Waals surface area (Å²) >= 11 is 0. The maximum atomic E-state index is 13.0. The number of hydrogen-bond acceptors (Lipinski definition) is 7.